The number of nitrogens with one attached hydrogen (secondary N) is 1. The van der Waals surface area contributed by atoms with Crippen molar-refractivity contribution < 1.29 is 9.90 Å². The summed E-state index contributed by atoms with van der Waals surface area (Å²) in [4.78, 5) is 11.9. The molecule has 2 rings (SSSR count). The van der Waals surface area contributed by atoms with Crippen LogP contribution in [0.25, 0.3) is 0 Å². The molecule has 0 spiro atoms. The van der Waals surface area contributed by atoms with Crippen LogP contribution < -0.4 is 5.32 Å². The number of anilines is 1. The van der Waals surface area contributed by atoms with E-state index in [9.17, 15) is 9.90 Å². The van der Waals surface area contributed by atoms with E-state index < -0.39 is 0 Å². The van der Waals surface area contributed by atoms with Crippen LogP contribution in [0.5, 0.6) is 5.75 Å². The van der Waals surface area contributed by atoms with Crippen molar-refractivity contribution in [2.45, 2.75) is 6.92 Å². The van der Waals surface area contributed by atoms with E-state index in [0.29, 0.717) is 16.3 Å². The van der Waals surface area contributed by atoms with Crippen molar-refractivity contribution in [2.75, 3.05) is 5.32 Å². The number of rotatable bonds is 2. The molecular weight excluding hydrogens is 250 g/mol. The first-order valence-corrected chi connectivity index (χ1v) is 5.80. The van der Waals surface area contributed by atoms with E-state index in [2.05, 4.69) is 5.32 Å². The van der Waals surface area contributed by atoms with Gasteiger partial charge in [-0.2, -0.15) is 0 Å². The van der Waals surface area contributed by atoms with Crippen molar-refractivity contribution in [1.82, 2.24) is 0 Å². The van der Waals surface area contributed by atoms with Crippen LogP contribution in [0.1, 0.15) is 15.9 Å². The van der Waals surface area contributed by atoms with Gasteiger partial charge in [0.1, 0.15) is 5.75 Å². The van der Waals surface area contributed by atoms with E-state index in [1.807, 2.05) is 6.92 Å². The maximum atomic E-state index is 11.9. The molecular formula is C14H12ClNO2. The van der Waals surface area contributed by atoms with E-state index >= 15 is 0 Å². The number of carbonyl (C=O) groups excluding carboxylic acids is 1. The van der Waals surface area contributed by atoms with Crippen LogP contribution in [-0.4, -0.2) is 11.0 Å². The molecule has 92 valence electrons. The number of phenolic OH excluding ortho intramolecular Hbond substituents is 1. The Bertz CT molecular complexity index is 596. The monoisotopic (exact) mass is 261 g/mol. The molecule has 0 saturated heterocycles. The van der Waals surface area contributed by atoms with Gasteiger partial charge >= 0.3 is 0 Å². The molecule has 18 heavy (non-hydrogen) atoms. The maximum Gasteiger partial charge on any atom is 0.255 e. The van der Waals surface area contributed by atoms with E-state index in [4.69, 9.17) is 11.6 Å². The first-order chi connectivity index (χ1) is 8.56. The lowest BCUT2D eigenvalue weighted by Gasteiger charge is -2.06. The summed E-state index contributed by atoms with van der Waals surface area (Å²) in [7, 11) is 0. The van der Waals surface area contributed by atoms with Crippen LogP contribution >= 0.6 is 11.6 Å². The van der Waals surface area contributed by atoms with Crippen LogP contribution in [0.3, 0.4) is 0 Å². The summed E-state index contributed by atoms with van der Waals surface area (Å²) in [5, 5.41) is 12.5. The molecule has 0 saturated carbocycles. The maximum absolute atomic E-state index is 11.9. The third-order valence-electron chi connectivity index (χ3n) is 2.54. The average molecular weight is 262 g/mol. The van der Waals surface area contributed by atoms with Crippen LogP contribution in [0.15, 0.2) is 42.5 Å². The van der Waals surface area contributed by atoms with Crippen molar-refractivity contribution in [3.63, 3.8) is 0 Å². The van der Waals surface area contributed by atoms with E-state index in [1.165, 1.54) is 6.07 Å². The number of halogens is 1. The molecule has 2 aromatic rings. The molecule has 0 aliphatic rings. The van der Waals surface area contributed by atoms with Gasteiger partial charge in [0.25, 0.3) is 5.91 Å². The predicted molar refractivity (Wildman–Crippen MR) is 72.2 cm³/mol. The molecule has 0 radical (unpaired) electrons. The summed E-state index contributed by atoms with van der Waals surface area (Å²) < 4.78 is 0. The second-order valence-electron chi connectivity index (χ2n) is 3.97. The molecule has 0 bridgehead atoms. The fourth-order valence-electron chi connectivity index (χ4n) is 1.52. The fraction of sp³-hybridized carbons (Fsp3) is 0.0714. The number of carbonyl (C=O) groups is 1. The Labute approximate surface area is 110 Å². The number of aromatic hydroxyl groups is 1. The Morgan fingerprint density at radius 2 is 2.00 bits per heavy atom. The van der Waals surface area contributed by atoms with Crippen LogP contribution in [0.4, 0.5) is 5.69 Å². The summed E-state index contributed by atoms with van der Waals surface area (Å²) in [6, 6.07) is 11.5. The SMILES string of the molecule is Cc1ccc(C(=O)Nc2cccc(O)c2)cc1Cl. The first-order valence-electron chi connectivity index (χ1n) is 5.43. The van der Waals surface area contributed by atoms with E-state index in [1.54, 1.807) is 36.4 Å². The number of amides is 1. The van der Waals surface area contributed by atoms with Gasteiger partial charge in [-0.25, -0.2) is 0 Å². The van der Waals surface area contributed by atoms with Gasteiger partial charge in [-0.15, -0.1) is 0 Å². The second kappa shape index (κ2) is 5.10. The largest absolute Gasteiger partial charge is 0.508 e. The quantitative estimate of drug-likeness (QED) is 0.868. The third kappa shape index (κ3) is 2.81. The molecule has 0 aliphatic carbocycles. The van der Waals surface area contributed by atoms with Crippen LogP contribution in [0, 0.1) is 6.92 Å². The van der Waals surface area contributed by atoms with Gasteiger partial charge in [0, 0.05) is 22.3 Å². The normalized spacial score (nSPS) is 10.1. The molecule has 0 unspecified atom stereocenters. The average Bonchev–Trinajstić information content (AvgIpc) is 2.32. The Hall–Kier alpha value is -2.00. The smallest absolute Gasteiger partial charge is 0.255 e. The predicted octanol–water partition coefficient (Wildman–Crippen LogP) is 3.61. The molecule has 0 atom stereocenters. The molecule has 0 heterocycles. The Morgan fingerprint density at radius 3 is 2.67 bits per heavy atom. The standard InChI is InChI=1S/C14H12ClNO2/c1-9-5-6-10(7-13(9)15)14(18)16-11-3-2-4-12(17)8-11/h2-8,17H,1H3,(H,16,18). The number of hydrogen-bond acceptors (Lipinski definition) is 2. The lowest BCUT2D eigenvalue weighted by molar-refractivity contribution is 0.102. The molecule has 4 heteroatoms. The van der Waals surface area contributed by atoms with Gasteiger partial charge in [0.2, 0.25) is 0 Å². The minimum Gasteiger partial charge on any atom is -0.508 e. The summed E-state index contributed by atoms with van der Waals surface area (Å²) >= 11 is 5.97. The number of hydrogen-bond donors (Lipinski definition) is 2. The van der Waals surface area contributed by atoms with Crippen molar-refractivity contribution in [3.8, 4) is 5.75 Å². The number of aryl methyl sites for hydroxylation is 1. The molecule has 3 nitrogen and oxygen atoms in total. The highest BCUT2D eigenvalue weighted by atomic mass is 35.5. The highest BCUT2D eigenvalue weighted by molar-refractivity contribution is 6.31. The Kier molecular flexibility index (Phi) is 3.53. The van der Waals surface area contributed by atoms with E-state index in [-0.39, 0.29) is 11.7 Å². The zero-order chi connectivity index (χ0) is 13.1. The minimum absolute atomic E-state index is 0.106. The fourth-order valence-corrected chi connectivity index (χ4v) is 1.70. The molecule has 0 aromatic heterocycles. The van der Waals surface area contributed by atoms with Gasteiger partial charge in [-0.1, -0.05) is 23.7 Å². The minimum atomic E-state index is -0.262. The highest BCUT2D eigenvalue weighted by Crippen LogP contribution is 2.19. The van der Waals surface area contributed by atoms with Gasteiger partial charge in [0.15, 0.2) is 0 Å². The lowest BCUT2D eigenvalue weighted by Crippen LogP contribution is -2.11. The first kappa shape index (κ1) is 12.5. The second-order valence-corrected chi connectivity index (χ2v) is 4.38. The molecule has 2 aromatic carbocycles. The van der Waals surface area contributed by atoms with Crippen molar-refractivity contribution in [2.24, 2.45) is 0 Å². The summed E-state index contributed by atoms with van der Waals surface area (Å²) in [6.45, 7) is 1.87. The summed E-state index contributed by atoms with van der Waals surface area (Å²) in [6.07, 6.45) is 0. The topological polar surface area (TPSA) is 49.3 Å². The zero-order valence-electron chi connectivity index (χ0n) is 9.77. The summed E-state index contributed by atoms with van der Waals surface area (Å²) in [5.41, 5.74) is 1.94. The number of benzene rings is 2. The van der Waals surface area contributed by atoms with Crippen molar-refractivity contribution >= 4 is 23.2 Å². The van der Waals surface area contributed by atoms with Gasteiger partial charge < -0.3 is 10.4 Å². The Balaban J connectivity index is 2.19. The van der Waals surface area contributed by atoms with Crippen molar-refractivity contribution in [3.05, 3.63) is 58.6 Å². The number of phenols is 1. The van der Waals surface area contributed by atoms with Crippen LogP contribution in [-0.2, 0) is 0 Å². The van der Waals surface area contributed by atoms with E-state index in [0.717, 1.165) is 5.56 Å². The highest BCUT2D eigenvalue weighted by Gasteiger charge is 2.07. The van der Waals surface area contributed by atoms with Gasteiger partial charge in [-0.05, 0) is 36.8 Å². The summed E-state index contributed by atoms with van der Waals surface area (Å²) in [5.74, 6) is -0.155. The molecule has 0 aliphatic heterocycles. The molecule has 1 amide bonds. The van der Waals surface area contributed by atoms with Crippen LogP contribution in [0.2, 0.25) is 5.02 Å². The molecule has 0 fully saturated rings. The Morgan fingerprint density at radius 1 is 1.22 bits per heavy atom. The lowest BCUT2D eigenvalue weighted by atomic mass is 10.1. The molecule has 2 N–H and O–H groups in total. The van der Waals surface area contributed by atoms with Crippen molar-refractivity contribution in [1.29, 1.82) is 0 Å². The third-order valence-corrected chi connectivity index (χ3v) is 2.95. The van der Waals surface area contributed by atoms with Gasteiger partial charge in [0.05, 0.1) is 0 Å². The van der Waals surface area contributed by atoms with Gasteiger partial charge in [-0.3, -0.25) is 4.79 Å². The zero-order valence-corrected chi connectivity index (χ0v) is 10.5.